The summed E-state index contributed by atoms with van der Waals surface area (Å²) in [7, 11) is 1.67. The van der Waals surface area contributed by atoms with Crippen LogP contribution < -0.4 is 19.1 Å². The first-order valence-corrected chi connectivity index (χ1v) is 8.65. The summed E-state index contributed by atoms with van der Waals surface area (Å²) in [6.45, 7) is 6.96. The molecule has 0 saturated carbocycles. The number of ether oxygens (including phenoxy) is 3. The normalized spacial score (nSPS) is 10.3. The third-order valence-corrected chi connectivity index (χ3v) is 3.70. The molecule has 0 aliphatic rings. The minimum absolute atomic E-state index is 0.146. The van der Waals surface area contributed by atoms with Gasteiger partial charge in [0.05, 0.1) is 19.8 Å². The molecule has 0 aromatic heterocycles. The lowest BCUT2D eigenvalue weighted by Crippen LogP contribution is -2.26. The highest BCUT2D eigenvalue weighted by Crippen LogP contribution is 2.39. The molecule has 0 aliphatic carbocycles. The van der Waals surface area contributed by atoms with Gasteiger partial charge in [-0.05, 0) is 57.2 Å². The zero-order valence-corrected chi connectivity index (χ0v) is 15.6. The maximum Gasteiger partial charge on any atom is 0.258 e. The number of rotatable bonds is 8. The summed E-state index contributed by atoms with van der Waals surface area (Å²) < 4.78 is 17.0. The van der Waals surface area contributed by atoms with Crippen molar-refractivity contribution in [3.8, 4) is 23.0 Å². The highest BCUT2D eigenvalue weighted by Gasteiger charge is 2.21. The van der Waals surface area contributed by atoms with Gasteiger partial charge in [0, 0.05) is 18.3 Å². The standard InChI is InChI=1S/C20H25NO5/c1-5-24-17-12-14(13-18(25-6-2)19(17)26-7-3)20(23)21(4)15-8-10-16(22)11-9-15/h8-13,22H,5-7H2,1-4H3. The third kappa shape index (κ3) is 4.39. The molecule has 0 aliphatic heterocycles. The highest BCUT2D eigenvalue weighted by atomic mass is 16.5. The number of nitrogens with zero attached hydrogens (tertiary/aromatic N) is 1. The van der Waals surface area contributed by atoms with Crippen LogP contribution in [0.5, 0.6) is 23.0 Å². The number of hydrogen-bond acceptors (Lipinski definition) is 5. The molecule has 6 heteroatoms. The number of carbonyl (C=O) groups is 1. The van der Waals surface area contributed by atoms with Gasteiger partial charge in [0.1, 0.15) is 5.75 Å². The van der Waals surface area contributed by atoms with E-state index in [9.17, 15) is 9.90 Å². The van der Waals surface area contributed by atoms with E-state index in [1.807, 2.05) is 20.8 Å². The SMILES string of the molecule is CCOc1cc(C(=O)N(C)c2ccc(O)cc2)cc(OCC)c1OCC. The maximum atomic E-state index is 12.9. The van der Waals surface area contributed by atoms with E-state index in [1.54, 1.807) is 31.3 Å². The second-order valence-corrected chi connectivity index (χ2v) is 5.48. The van der Waals surface area contributed by atoms with Gasteiger partial charge in [-0.2, -0.15) is 0 Å². The van der Waals surface area contributed by atoms with Crippen molar-refractivity contribution in [3.05, 3.63) is 42.0 Å². The van der Waals surface area contributed by atoms with Crippen molar-refractivity contribution in [2.24, 2.45) is 0 Å². The average Bonchev–Trinajstić information content (AvgIpc) is 2.64. The fraction of sp³-hybridized carbons (Fsp3) is 0.350. The molecule has 0 fully saturated rings. The van der Waals surface area contributed by atoms with E-state index in [2.05, 4.69) is 0 Å². The minimum atomic E-state index is -0.222. The number of anilines is 1. The number of benzene rings is 2. The van der Waals surface area contributed by atoms with E-state index in [0.29, 0.717) is 48.3 Å². The smallest absolute Gasteiger partial charge is 0.258 e. The zero-order chi connectivity index (χ0) is 19.1. The van der Waals surface area contributed by atoms with Crippen molar-refractivity contribution >= 4 is 11.6 Å². The topological polar surface area (TPSA) is 68.2 Å². The highest BCUT2D eigenvalue weighted by molar-refractivity contribution is 6.06. The Balaban J connectivity index is 2.43. The lowest BCUT2D eigenvalue weighted by atomic mass is 10.1. The summed E-state index contributed by atoms with van der Waals surface area (Å²) in [5.74, 6) is 1.37. The van der Waals surface area contributed by atoms with Gasteiger partial charge in [-0.3, -0.25) is 4.79 Å². The molecule has 0 bridgehead atoms. The number of hydrogen-bond donors (Lipinski definition) is 1. The third-order valence-electron chi connectivity index (χ3n) is 3.70. The van der Waals surface area contributed by atoms with E-state index in [4.69, 9.17) is 14.2 Å². The van der Waals surface area contributed by atoms with Crippen LogP contribution in [0.2, 0.25) is 0 Å². The van der Waals surface area contributed by atoms with Crippen molar-refractivity contribution in [1.82, 2.24) is 0 Å². The number of amides is 1. The zero-order valence-electron chi connectivity index (χ0n) is 15.6. The summed E-state index contributed by atoms with van der Waals surface area (Å²) >= 11 is 0. The van der Waals surface area contributed by atoms with Crippen LogP contribution in [0, 0.1) is 0 Å². The Bertz CT molecular complexity index is 715. The first-order chi connectivity index (χ1) is 12.5. The van der Waals surface area contributed by atoms with Crippen LogP contribution in [0.25, 0.3) is 0 Å². The van der Waals surface area contributed by atoms with Gasteiger partial charge in [0.15, 0.2) is 11.5 Å². The second-order valence-electron chi connectivity index (χ2n) is 5.48. The Morgan fingerprint density at radius 1 is 0.923 bits per heavy atom. The van der Waals surface area contributed by atoms with Crippen molar-refractivity contribution in [2.45, 2.75) is 20.8 Å². The van der Waals surface area contributed by atoms with Crippen LogP contribution in [0.4, 0.5) is 5.69 Å². The number of carbonyl (C=O) groups excluding carboxylic acids is 1. The van der Waals surface area contributed by atoms with Gasteiger partial charge in [-0.25, -0.2) is 0 Å². The molecule has 0 saturated heterocycles. The quantitative estimate of drug-likeness (QED) is 0.775. The van der Waals surface area contributed by atoms with Gasteiger partial charge in [0.2, 0.25) is 5.75 Å². The molecule has 6 nitrogen and oxygen atoms in total. The molecule has 2 aromatic carbocycles. The van der Waals surface area contributed by atoms with Gasteiger partial charge >= 0.3 is 0 Å². The molecular formula is C20H25NO5. The van der Waals surface area contributed by atoms with E-state index in [0.717, 1.165) is 0 Å². The van der Waals surface area contributed by atoms with E-state index in [-0.39, 0.29) is 11.7 Å². The van der Waals surface area contributed by atoms with Crippen molar-refractivity contribution in [2.75, 3.05) is 31.8 Å². The maximum absolute atomic E-state index is 12.9. The molecule has 0 radical (unpaired) electrons. The first-order valence-electron chi connectivity index (χ1n) is 8.65. The van der Waals surface area contributed by atoms with Gasteiger partial charge in [-0.15, -0.1) is 0 Å². The average molecular weight is 359 g/mol. The Morgan fingerprint density at radius 3 is 1.88 bits per heavy atom. The molecule has 140 valence electrons. The molecular weight excluding hydrogens is 334 g/mol. The minimum Gasteiger partial charge on any atom is -0.508 e. The molecule has 0 unspecified atom stereocenters. The number of phenols is 1. The Kier molecular flexibility index (Phi) is 6.72. The Morgan fingerprint density at radius 2 is 1.42 bits per heavy atom. The molecule has 0 spiro atoms. The van der Waals surface area contributed by atoms with Crippen molar-refractivity contribution in [1.29, 1.82) is 0 Å². The molecule has 1 N–H and O–H groups in total. The number of phenolic OH excluding ortho intramolecular Hbond substituents is 1. The number of aromatic hydroxyl groups is 1. The molecule has 2 rings (SSSR count). The van der Waals surface area contributed by atoms with Gasteiger partial charge < -0.3 is 24.2 Å². The van der Waals surface area contributed by atoms with Crippen LogP contribution in [0.3, 0.4) is 0 Å². The van der Waals surface area contributed by atoms with Crippen molar-refractivity contribution in [3.63, 3.8) is 0 Å². The Hall–Kier alpha value is -2.89. The van der Waals surface area contributed by atoms with Crippen LogP contribution in [0.1, 0.15) is 31.1 Å². The summed E-state index contributed by atoms with van der Waals surface area (Å²) in [5.41, 5.74) is 1.09. The lowest BCUT2D eigenvalue weighted by molar-refractivity contribution is 0.0992. The van der Waals surface area contributed by atoms with Crippen LogP contribution in [-0.4, -0.2) is 37.9 Å². The van der Waals surface area contributed by atoms with E-state index >= 15 is 0 Å². The van der Waals surface area contributed by atoms with Crippen LogP contribution in [0.15, 0.2) is 36.4 Å². The molecule has 0 atom stereocenters. The first kappa shape index (κ1) is 19.4. The van der Waals surface area contributed by atoms with E-state index in [1.165, 1.54) is 17.0 Å². The summed E-state index contributed by atoms with van der Waals surface area (Å²) in [4.78, 5) is 14.4. The largest absolute Gasteiger partial charge is 0.508 e. The predicted octanol–water partition coefficient (Wildman–Crippen LogP) is 3.86. The van der Waals surface area contributed by atoms with Crippen LogP contribution in [-0.2, 0) is 0 Å². The van der Waals surface area contributed by atoms with Crippen LogP contribution >= 0.6 is 0 Å². The fourth-order valence-corrected chi connectivity index (χ4v) is 2.50. The molecule has 0 heterocycles. The van der Waals surface area contributed by atoms with Gasteiger partial charge in [-0.1, -0.05) is 0 Å². The van der Waals surface area contributed by atoms with Gasteiger partial charge in [0.25, 0.3) is 5.91 Å². The predicted molar refractivity (Wildman–Crippen MR) is 101 cm³/mol. The fourth-order valence-electron chi connectivity index (χ4n) is 2.50. The second kappa shape index (κ2) is 8.99. The molecule has 26 heavy (non-hydrogen) atoms. The monoisotopic (exact) mass is 359 g/mol. The Labute approximate surface area is 153 Å². The molecule has 2 aromatic rings. The van der Waals surface area contributed by atoms with E-state index < -0.39 is 0 Å². The van der Waals surface area contributed by atoms with Crippen molar-refractivity contribution < 1.29 is 24.1 Å². The summed E-state index contributed by atoms with van der Waals surface area (Å²) in [5, 5.41) is 9.42. The summed E-state index contributed by atoms with van der Waals surface area (Å²) in [6.07, 6.45) is 0. The molecule has 1 amide bonds. The lowest BCUT2D eigenvalue weighted by Gasteiger charge is -2.20. The summed E-state index contributed by atoms with van der Waals surface area (Å²) in [6, 6.07) is 9.75.